The number of hydrogen-bond donors (Lipinski definition) is 2. The molecule has 2 aromatic heterocycles. The van der Waals surface area contributed by atoms with Crippen LogP contribution >= 0.6 is 23.1 Å². The zero-order valence-electron chi connectivity index (χ0n) is 12.0. The van der Waals surface area contributed by atoms with E-state index >= 15 is 0 Å². The molecule has 0 spiro atoms. The van der Waals surface area contributed by atoms with Gasteiger partial charge in [0.1, 0.15) is 11.6 Å². The topological polar surface area (TPSA) is 70.7 Å². The SMILES string of the molecule is O=C(CSc1n[nH]c(Cc2cccs2)n1)Nc1ccc(F)cc1. The number of aromatic nitrogens is 3. The number of nitrogens with one attached hydrogen (secondary N) is 2. The van der Waals surface area contributed by atoms with E-state index in [0.717, 1.165) is 5.82 Å². The number of hydrogen-bond acceptors (Lipinski definition) is 5. The van der Waals surface area contributed by atoms with Gasteiger partial charge in [-0.15, -0.1) is 16.4 Å². The molecule has 5 nitrogen and oxygen atoms in total. The van der Waals surface area contributed by atoms with Crippen molar-refractivity contribution in [2.24, 2.45) is 0 Å². The first-order valence-electron chi connectivity index (χ1n) is 6.81. The molecule has 0 saturated heterocycles. The van der Waals surface area contributed by atoms with Gasteiger partial charge < -0.3 is 5.32 Å². The maximum Gasteiger partial charge on any atom is 0.234 e. The lowest BCUT2D eigenvalue weighted by molar-refractivity contribution is -0.113. The zero-order valence-corrected chi connectivity index (χ0v) is 13.6. The average molecular weight is 348 g/mol. The van der Waals surface area contributed by atoms with E-state index in [0.29, 0.717) is 17.3 Å². The third-order valence-electron chi connectivity index (χ3n) is 2.89. The van der Waals surface area contributed by atoms with Crippen LogP contribution in [0.25, 0.3) is 0 Å². The Morgan fingerprint density at radius 3 is 2.87 bits per heavy atom. The molecular formula is C15H13FN4OS2. The molecule has 118 valence electrons. The van der Waals surface area contributed by atoms with Gasteiger partial charge in [-0.25, -0.2) is 9.37 Å². The van der Waals surface area contributed by atoms with Crippen LogP contribution in [0.15, 0.2) is 46.9 Å². The molecule has 23 heavy (non-hydrogen) atoms. The Balaban J connectivity index is 1.49. The number of benzene rings is 1. The normalized spacial score (nSPS) is 10.7. The Morgan fingerprint density at radius 2 is 2.13 bits per heavy atom. The molecule has 0 saturated carbocycles. The van der Waals surface area contributed by atoms with Crippen molar-refractivity contribution in [2.75, 3.05) is 11.1 Å². The molecule has 0 aliphatic rings. The molecule has 2 heterocycles. The van der Waals surface area contributed by atoms with Gasteiger partial charge in [-0.3, -0.25) is 9.89 Å². The van der Waals surface area contributed by atoms with Crippen LogP contribution < -0.4 is 5.32 Å². The van der Waals surface area contributed by atoms with Crippen LogP contribution in [0.3, 0.4) is 0 Å². The molecule has 1 amide bonds. The highest BCUT2D eigenvalue weighted by atomic mass is 32.2. The summed E-state index contributed by atoms with van der Waals surface area (Å²) in [6.07, 6.45) is 0.701. The van der Waals surface area contributed by atoms with Gasteiger partial charge in [0.05, 0.1) is 5.75 Å². The summed E-state index contributed by atoms with van der Waals surface area (Å²) >= 11 is 2.91. The molecule has 0 radical (unpaired) electrons. The molecule has 0 bridgehead atoms. The number of carbonyl (C=O) groups excluding carboxylic acids is 1. The van der Waals surface area contributed by atoms with Crippen LogP contribution in [-0.2, 0) is 11.2 Å². The van der Waals surface area contributed by atoms with Gasteiger partial charge in [-0.05, 0) is 35.7 Å². The van der Waals surface area contributed by atoms with E-state index in [2.05, 4.69) is 20.5 Å². The average Bonchev–Trinajstić information content (AvgIpc) is 3.20. The summed E-state index contributed by atoms with van der Waals surface area (Å²) in [5, 5.41) is 12.2. The Labute approximate surface area is 140 Å². The number of amides is 1. The molecule has 3 aromatic rings. The van der Waals surface area contributed by atoms with E-state index in [9.17, 15) is 9.18 Å². The summed E-state index contributed by atoms with van der Waals surface area (Å²) in [6.45, 7) is 0. The number of rotatable bonds is 6. The minimum absolute atomic E-state index is 0.188. The van der Waals surface area contributed by atoms with Gasteiger partial charge in [0.15, 0.2) is 0 Å². The van der Waals surface area contributed by atoms with Gasteiger partial charge in [0.25, 0.3) is 0 Å². The standard InChI is InChI=1S/C15H13FN4OS2/c16-10-3-5-11(6-4-10)17-14(21)9-23-15-18-13(19-20-15)8-12-2-1-7-22-12/h1-7H,8-9H2,(H,17,21)(H,18,19,20). The summed E-state index contributed by atoms with van der Waals surface area (Å²) in [6, 6.07) is 9.67. The summed E-state index contributed by atoms with van der Waals surface area (Å²) in [4.78, 5) is 17.4. The van der Waals surface area contributed by atoms with Gasteiger partial charge >= 0.3 is 0 Å². The second-order valence-electron chi connectivity index (χ2n) is 4.66. The Bertz CT molecular complexity index is 771. The van der Waals surface area contributed by atoms with Crippen molar-refractivity contribution in [3.63, 3.8) is 0 Å². The minimum atomic E-state index is -0.337. The molecule has 3 rings (SSSR count). The molecule has 0 fully saturated rings. The number of carbonyl (C=O) groups is 1. The van der Waals surface area contributed by atoms with Crippen LogP contribution in [0.1, 0.15) is 10.7 Å². The van der Waals surface area contributed by atoms with Crippen LogP contribution in [0, 0.1) is 5.82 Å². The van der Waals surface area contributed by atoms with Gasteiger partial charge in [-0.2, -0.15) is 0 Å². The van der Waals surface area contributed by atoms with E-state index in [1.165, 1.54) is 40.9 Å². The number of aromatic amines is 1. The maximum absolute atomic E-state index is 12.8. The van der Waals surface area contributed by atoms with Gasteiger partial charge in [-0.1, -0.05) is 17.8 Å². The molecule has 1 aromatic carbocycles. The summed E-state index contributed by atoms with van der Waals surface area (Å²) < 4.78 is 12.8. The van der Waals surface area contributed by atoms with Crippen molar-refractivity contribution in [3.8, 4) is 0 Å². The van der Waals surface area contributed by atoms with Crippen molar-refractivity contribution < 1.29 is 9.18 Å². The first-order chi connectivity index (χ1) is 11.2. The Hall–Kier alpha value is -2.19. The second-order valence-corrected chi connectivity index (χ2v) is 6.64. The predicted molar refractivity (Wildman–Crippen MR) is 89.3 cm³/mol. The predicted octanol–water partition coefficient (Wildman–Crippen LogP) is 3.33. The lowest BCUT2D eigenvalue weighted by Gasteiger charge is -2.03. The lowest BCUT2D eigenvalue weighted by Crippen LogP contribution is -2.14. The summed E-state index contributed by atoms with van der Waals surface area (Å²) in [7, 11) is 0. The molecule has 8 heteroatoms. The number of thiophene rings is 1. The van der Waals surface area contributed by atoms with Crippen molar-refractivity contribution in [2.45, 2.75) is 11.6 Å². The largest absolute Gasteiger partial charge is 0.325 e. The highest BCUT2D eigenvalue weighted by molar-refractivity contribution is 7.99. The molecule has 2 N–H and O–H groups in total. The summed E-state index contributed by atoms with van der Waals surface area (Å²) in [5.41, 5.74) is 0.561. The summed E-state index contributed by atoms with van der Waals surface area (Å²) in [5.74, 6) is 0.435. The van der Waals surface area contributed by atoms with Crippen LogP contribution in [0.2, 0.25) is 0 Å². The number of H-pyrrole nitrogens is 1. The van der Waals surface area contributed by atoms with Crippen LogP contribution in [-0.4, -0.2) is 26.8 Å². The third kappa shape index (κ3) is 4.64. The number of anilines is 1. The van der Waals surface area contributed by atoms with E-state index in [1.807, 2.05) is 17.5 Å². The molecule has 0 aliphatic heterocycles. The maximum atomic E-state index is 12.8. The molecule has 0 atom stereocenters. The van der Waals surface area contributed by atoms with Crippen molar-refractivity contribution in [1.29, 1.82) is 0 Å². The van der Waals surface area contributed by atoms with E-state index < -0.39 is 0 Å². The molecular weight excluding hydrogens is 335 g/mol. The number of nitrogens with zero attached hydrogens (tertiary/aromatic N) is 2. The third-order valence-corrected chi connectivity index (χ3v) is 4.62. The van der Waals surface area contributed by atoms with Crippen molar-refractivity contribution in [1.82, 2.24) is 15.2 Å². The first kappa shape index (κ1) is 15.7. The smallest absolute Gasteiger partial charge is 0.234 e. The zero-order chi connectivity index (χ0) is 16.1. The number of thioether (sulfide) groups is 1. The lowest BCUT2D eigenvalue weighted by atomic mass is 10.3. The highest BCUT2D eigenvalue weighted by Gasteiger charge is 2.09. The van der Waals surface area contributed by atoms with Gasteiger partial charge in [0.2, 0.25) is 11.1 Å². The van der Waals surface area contributed by atoms with E-state index in [1.54, 1.807) is 11.3 Å². The first-order valence-corrected chi connectivity index (χ1v) is 8.67. The van der Waals surface area contributed by atoms with Crippen molar-refractivity contribution >= 4 is 34.7 Å². The second kappa shape index (κ2) is 7.38. The van der Waals surface area contributed by atoms with Crippen LogP contribution in [0.5, 0.6) is 0 Å². The Kier molecular flexibility index (Phi) is 5.04. The molecule has 0 aliphatic carbocycles. The minimum Gasteiger partial charge on any atom is -0.325 e. The fourth-order valence-electron chi connectivity index (χ4n) is 1.86. The monoisotopic (exact) mass is 348 g/mol. The van der Waals surface area contributed by atoms with Gasteiger partial charge in [0, 0.05) is 17.0 Å². The quantitative estimate of drug-likeness (QED) is 0.671. The van der Waals surface area contributed by atoms with Crippen LogP contribution in [0.4, 0.5) is 10.1 Å². The fraction of sp³-hybridized carbons (Fsp3) is 0.133. The molecule has 0 unspecified atom stereocenters. The van der Waals surface area contributed by atoms with E-state index in [4.69, 9.17) is 0 Å². The van der Waals surface area contributed by atoms with E-state index in [-0.39, 0.29) is 17.5 Å². The van der Waals surface area contributed by atoms with Crippen molar-refractivity contribution in [3.05, 3.63) is 58.3 Å². The fourth-order valence-corrected chi connectivity index (χ4v) is 3.19. The number of halogens is 1. The Morgan fingerprint density at radius 1 is 1.30 bits per heavy atom. The highest BCUT2D eigenvalue weighted by Crippen LogP contribution is 2.17.